The Morgan fingerprint density at radius 1 is 0.655 bits per heavy atom. The summed E-state index contributed by atoms with van der Waals surface area (Å²) in [6.45, 7) is 2.24. The Bertz CT molecular complexity index is 768. The fraction of sp³-hybridized carbons (Fsp3) is 0.308. The second-order valence-electron chi connectivity index (χ2n) is 7.76. The van der Waals surface area contributed by atoms with Gasteiger partial charge in [-0.1, -0.05) is 0 Å². The number of unbranched alkanes of at least 4 members (excludes halogenated alkanes) is 4. The van der Waals surface area contributed by atoms with Crippen molar-refractivity contribution in [3.8, 4) is 0 Å². The first kappa shape index (κ1) is 22.2. The first-order valence-electron chi connectivity index (χ1n) is 10.7. The molecule has 0 bridgehead atoms. The molecule has 154 valence electrons. The molecule has 3 aromatic carbocycles. The Labute approximate surface area is 183 Å². The van der Waals surface area contributed by atoms with Crippen LogP contribution in [0, 0.1) is 0 Å². The quantitative estimate of drug-likeness (QED) is 0.264. The summed E-state index contributed by atoms with van der Waals surface area (Å²) in [6.07, 6.45) is 6.73. The minimum absolute atomic E-state index is 0.491. The van der Waals surface area contributed by atoms with Crippen LogP contribution in [-0.4, -0.2) is 11.0 Å². The second kappa shape index (κ2) is 10.0. The van der Waals surface area contributed by atoms with Crippen LogP contribution in [0.4, 0.5) is 0 Å². The number of rotatable bonds is 10. The third kappa shape index (κ3) is 4.22. The molecule has 0 aliphatic heterocycles. The molecule has 0 aliphatic rings. The van der Waals surface area contributed by atoms with Crippen LogP contribution in [0.3, 0.4) is 0 Å². The van der Waals surface area contributed by atoms with Crippen LogP contribution in [0.15, 0.2) is 91.0 Å². The van der Waals surface area contributed by atoms with E-state index in [0.717, 1.165) is 12.8 Å². The Morgan fingerprint density at radius 3 is 1.41 bits per heavy atom. The van der Waals surface area contributed by atoms with E-state index < -0.39 is 11.2 Å². The van der Waals surface area contributed by atoms with Crippen LogP contribution >= 0.6 is 20.8 Å². The predicted octanol–water partition coefficient (Wildman–Crippen LogP) is 6.51. The molecule has 1 unspecified atom stereocenters. The van der Waals surface area contributed by atoms with Gasteiger partial charge in [0, 0.05) is 0 Å². The minimum atomic E-state index is -3.24. The summed E-state index contributed by atoms with van der Waals surface area (Å²) >= 11 is 4.35. The van der Waals surface area contributed by atoms with Gasteiger partial charge in [0.1, 0.15) is 0 Å². The molecule has 1 N–H and O–H groups in total. The van der Waals surface area contributed by atoms with E-state index in [0.29, 0.717) is 0 Å². The molecule has 3 rings (SSSR count). The van der Waals surface area contributed by atoms with Gasteiger partial charge in [0.15, 0.2) is 0 Å². The molecular weight excluding hydrogens is 439 g/mol. The summed E-state index contributed by atoms with van der Waals surface area (Å²) in [7, 11) is 0. The molecule has 29 heavy (non-hydrogen) atoms. The number of hydrogen-bond acceptors (Lipinski definition) is 1. The standard InChI is InChI=1S/C26H32BrOP/c1-2-3-4-5-15-22-26(28)29(27,23-16-9-6-10-17-23,24-18-11-7-12-19-24)25-20-13-8-14-21-25/h6-14,16-21,26,28H,2-5,15,22H2,1H3. The molecule has 0 radical (unpaired) electrons. The second-order valence-corrected chi connectivity index (χ2v) is 16.5. The van der Waals surface area contributed by atoms with Gasteiger partial charge in [-0.3, -0.25) is 0 Å². The van der Waals surface area contributed by atoms with Crippen molar-refractivity contribution in [1.82, 2.24) is 0 Å². The van der Waals surface area contributed by atoms with Crippen molar-refractivity contribution in [2.75, 3.05) is 0 Å². The summed E-state index contributed by atoms with van der Waals surface area (Å²) in [5.41, 5.74) is 0. The molecule has 0 spiro atoms. The van der Waals surface area contributed by atoms with Gasteiger partial charge >= 0.3 is 184 Å². The summed E-state index contributed by atoms with van der Waals surface area (Å²) in [5.74, 6) is -0.491. The molecule has 3 aromatic rings. The van der Waals surface area contributed by atoms with Gasteiger partial charge in [-0.25, -0.2) is 0 Å². The number of benzene rings is 3. The molecule has 0 aliphatic carbocycles. The van der Waals surface area contributed by atoms with Crippen molar-refractivity contribution in [1.29, 1.82) is 0 Å². The molecule has 1 nitrogen and oxygen atoms in total. The monoisotopic (exact) mass is 470 g/mol. The zero-order valence-corrected chi connectivity index (χ0v) is 19.7. The fourth-order valence-electron chi connectivity index (χ4n) is 4.29. The molecule has 3 heteroatoms. The summed E-state index contributed by atoms with van der Waals surface area (Å²) in [4.78, 5) is 0. The van der Waals surface area contributed by atoms with Crippen LogP contribution in [-0.2, 0) is 0 Å². The number of aliphatic hydroxyl groups is 1. The van der Waals surface area contributed by atoms with Gasteiger partial charge in [0.2, 0.25) is 0 Å². The van der Waals surface area contributed by atoms with E-state index in [1.54, 1.807) is 0 Å². The normalized spacial score (nSPS) is 14.1. The van der Waals surface area contributed by atoms with E-state index in [9.17, 15) is 5.11 Å². The van der Waals surface area contributed by atoms with Crippen molar-refractivity contribution >= 4 is 36.7 Å². The Balaban J connectivity index is 2.16. The maximum atomic E-state index is 11.9. The van der Waals surface area contributed by atoms with Crippen molar-refractivity contribution in [2.24, 2.45) is 0 Å². The van der Waals surface area contributed by atoms with Gasteiger partial charge in [-0.15, -0.1) is 0 Å². The molecule has 0 aromatic heterocycles. The van der Waals surface area contributed by atoms with E-state index in [2.05, 4.69) is 95.2 Å². The van der Waals surface area contributed by atoms with Crippen molar-refractivity contribution in [3.05, 3.63) is 91.0 Å². The van der Waals surface area contributed by atoms with E-state index >= 15 is 0 Å². The zero-order chi connectivity index (χ0) is 20.6. The van der Waals surface area contributed by atoms with E-state index in [4.69, 9.17) is 0 Å². The number of aliphatic hydroxyl groups excluding tert-OH is 1. The summed E-state index contributed by atoms with van der Waals surface area (Å²) < 4.78 is 0. The summed E-state index contributed by atoms with van der Waals surface area (Å²) in [5, 5.41) is 12.2. The fourth-order valence-corrected chi connectivity index (χ4v) is 11.9. The first-order chi connectivity index (χ1) is 14.1. The van der Waals surface area contributed by atoms with Crippen LogP contribution in [0.5, 0.6) is 0 Å². The average Bonchev–Trinajstić information content (AvgIpc) is 2.80. The topological polar surface area (TPSA) is 20.2 Å². The summed E-state index contributed by atoms with van der Waals surface area (Å²) in [6, 6.07) is 31.7. The average molecular weight is 471 g/mol. The van der Waals surface area contributed by atoms with Crippen LogP contribution in [0.1, 0.15) is 45.4 Å². The molecular formula is C26H32BrOP. The number of halogens is 1. The van der Waals surface area contributed by atoms with Crippen LogP contribution < -0.4 is 15.9 Å². The van der Waals surface area contributed by atoms with Crippen LogP contribution in [0.2, 0.25) is 0 Å². The van der Waals surface area contributed by atoms with Crippen molar-refractivity contribution < 1.29 is 5.11 Å². The predicted molar refractivity (Wildman–Crippen MR) is 133 cm³/mol. The van der Waals surface area contributed by atoms with Gasteiger partial charge in [-0.2, -0.15) is 0 Å². The van der Waals surface area contributed by atoms with E-state index in [1.807, 2.05) is 18.2 Å². The molecule has 0 fully saturated rings. The maximum absolute atomic E-state index is 11.9. The Morgan fingerprint density at radius 2 is 1.03 bits per heavy atom. The SMILES string of the molecule is CCCCCCCC(O)P(Br)(c1ccccc1)(c1ccccc1)c1ccccc1. The van der Waals surface area contributed by atoms with Crippen LogP contribution in [0.25, 0.3) is 0 Å². The Hall–Kier alpha value is -1.47. The third-order valence-electron chi connectivity index (χ3n) is 5.91. The van der Waals surface area contributed by atoms with Gasteiger partial charge in [0.25, 0.3) is 0 Å². The Kier molecular flexibility index (Phi) is 7.68. The van der Waals surface area contributed by atoms with E-state index in [-0.39, 0.29) is 0 Å². The van der Waals surface area contributed by atoms with Gasteiger partial charge in [-0.05, 0) is 0 Å². The van der Waals surface area contributed by atoms with Crippen molar-refractivity contribution in [2.45, 2.75) is 51.3 Å². The first-order valence-corrected chi connectivity index (χ1v) is 15.0. The van der Waals surface area contributed by atoms with E-state index in [1.165, 1.54) is 41.6 Å². The molecule has 1 atom stereocenters. The van der Waals surface area contributed by atoms with Gasteiger partial charge < -0.3 is 0 Å². The molecule has 0 heterocycles. The molecule has 0 saturated heterocycles. The van der Waals surface area contributed by atoms with Crippen molar-refractivity contribution in [3.63, 3.8) is 0 Å². The number of hydrogen-bond donors (Lipinski definition) is 1. The molecule has 0 saturated carbocycles. The molecule has 0 amide bonds. The zero-order valence-electron chi connectivity index (χ0n) is 17.3. The third-order valence-corrected chi connectivity index (χ3v) is 16.3. The van der Waals surface area contributed by atoms with Gasteiger partial charge in [0.05, 0.1) is 0 Å².